The van der Waals surface area contributed by atoms with E-state index in [4.69, 9.17) is 4.74 Å². The molecule has 2 aromatic carbocycles. The molecule has 0 bridgehead atoms. The average molecular weight is 385 g/mol. The van der Waals surface area contributed by atoms with Gasteiger partial charge in [0.15, 0.2) is 6.10 Å². The lowest BCUT2D eigenvalue weighted by atomic mass is 10.2. The van der Waals surface area contributed by atoms with Gasteiger partial charge in [-0.25, -0.2) is 8.78 Å². The minimum absolute atomic E-state index is 0.0465. The summed E-state index contributed by atoms with van der Waals surface area (Å²) in [4.78, 5) is 24.5. The molecule has 0 fully saturated rings. The number of amides is 1. The Morgan fingerprint density at radius 2 is 1.86 bits per heavy atom. The van der Waals surface area contributed by atoms with Crippen LogP contribution >= 0.6 is 0 Å². The quantitative estimate of drug-likeness (QED) is 0.707. The Hall–Kier alpha value is -3.55. The topological polar surface area (TPSA) is 73.2 Å². The lowest BCUT2D eigenvalue weighted by Gasteiger charge is -2.17. The van der Waals surface area contributed by atoms with Crippen LogP contribution in [0.1, 0.15) is 13.3 Å². The van der Waals surface area contributed by atoms with Crippen LogP contribution in [-0.4, -0.2) is 21.8 Å². The summed E-state index contributed by atoms with van der Waals surface area (Å²) < 4.78 is 33.0. The van der Waals surface area contributed by atoms with Crippen molar-refractivity contribution in [3.63, 3.8) is 0 Å². The van der Waals surface area contributed by atoms with Gasteiger partial charge in [0, 0.05) is 17.8 Å². The van der Waals surface area contributed by atoms with Crippen LogP contribution in [0.25, 0.3) is 5.69 Å². The number of hydrogen-bond donors (Lipinski definition) is 1. The predicted octanol–water partition coefficient (Wildman–Crippen LogP) is 3.31. The lowest BCUT2D eigenvalue weighted by molar-refractivity contribution is -0.123. The molecule has 1 heterocycles. The van der Waals surface area contributed by atoms with Crippen molar-refractivity contribution in [2.45, 2.75) is 19.4 Å². The molecule has 3 aromatic rings. The van der Waals surface area contributed by atoms with Crippen molar-refractivity contribution in [1.82, 2.24) is 9.78 Å². The van der Waals surface area contributed by atoms with Gasteiger partial charge in [-0.3, -0.25) is 9.59 Å². The van der Waals surface area contributed by atoms with Crippen LogP contribution in [0.4, 0.5) is 14.5 Å². The average Bonchev–Trinajstić information content (AvgIpc) is 2.68. The second-order valence-electron chi connectivity index (χ2n) is 5.91. The van der Waals surface area contributed by atoms with Crippen LogP contribution in [0.15, 0.2) is 65.5 Å². The van der Waals surface area contributed by atoms with Gasteiger partial charge >= 0.3 is 0 Å². The maximum atomic E-state index is 13.3. The molecule has 3 rings (SSSR count). The van der Waals surface area contributed by atoms with Crippen molar-refractivity contribution >= 4 is 11.6 Å². The Morgan fingerprint density at radius 3 is 2.54 bits per heavy atom. The first-order valence-corrected chi connectivity index (χ1v) is 8.55. The molecule has 144 valence electrons. The molecule has 8 heteroatoms. The standard InChI is InChI=1S/C20H17F2N3O3/c1-2-17(20(27)23-15-5-3-4-14(22)12-15)28-18-10-11-19(26)25(24-18)16-8-6-13(21)7-9-16/h3-12,17H,2H2,1H3,(H,23,27)/t17-/m0/s1. The number of benzene rings is 2. The van der Waals surface area contributed by atoms with Crippen molar-refractivity contribution in [2.75, 3.05) is 5.32 Å². The van der Waals surface area contributed by atoms with Gasteiger partial charge in [0.25, 0.3) is 11.5 Å². The number of nitrogens with zero attached hydrogens (tertiary/aromatic N) is 2. The van der Waals surface area contributed by atoms with E-state index in [1.165, 1.54) is 54.6 Å². The highest BCUT2D eigenvalue weighted by atomic mass is 19.1. The fourth-order valence-electron chi connectivity index (χ4n) is 2.48. The molecule has 28 heavy (non-hydrogen) atoms. The van der Waals surface area contributed by atoms with Crippen LogP contribution in [0, 0.1) is 11.6 Å². The van der Waals surface area contributed by atoms with E-state index in [9.17, 15) is 18.4 Å². The normalized spacial score (nSPS) is 11.7. The zero-order valence-corrected chi connectivity index (χ0v) is 14.9. The molecule has 1 atom stereocenters. The molecule has 1 N–H and O–H groups in total. The Labute approximate surface area is 159 Å². The molecule has 0 spiro atoms. The van der Waals surface area contributed by atoms with E-state index in [2.05, 4.69) is 10.4 Å². The largest absolute Gasteiger partial charge is 0.463 e. The van der Waals surface area contributed by atoms with Crippen LogP contribution in [0.2, 0.25) is 0 Å². The number of rotatable bonds is 6. The number of halogens is 2. The molecule has 1 aromatic heterocycles. The summed E-state index contributed by atoms with van der Waals surface area (Å²) in [5, 5.41) is 6.66. The summed E-state index contributed by atoms with van der Waals surface area (Å²) >= 11 is 0. The Balaban J connectivity index is 1.79. The van der Waals surface area contributed by atoms with Crippen LogP contribution in [-0.2, 0) is 4.79 Å². The van der Waals surface area contributed by atoms with Crippen LogP contribution in [0.5, 0.6) is 5.88 Å². The third-order valence-electron chi connectivity index (χ3n) is 3.87. The Morgan fingerprint density at radius 1 is 1.11 bits per heavy atom. The van der Waals surface area contributed by atoms with E-state index in [1.54, 1.807) is 13.0 Å². The van der Waals surface area contributed by atoms with Crippen LogP contribution in [0.3, 0.4) is 0 Å². The van der Waals surface area contributed by atoms with Gasteiger partial charge in [-0.15, -0.1) is 5.10 Å². The van der Waals surface area contributed by atoms with Gasteiger partial charge < -0.3 is 10.1 Å². The van der Waals surface area contributed by atoms with Crippen molar-refractivity contribution < 1.29 is 18.3 Å². The van der Waals surface area contributed by atoms with Gasteiger partial charge in [-0.2, -0.15) is 4.68 Å². The fraction of sp³-hybridized carbons (Fsp3) is 0.150. The molecular formula is C20H17F2N3O3. The second kappa shape index (κ2) is 8.43. The van der Waals surface area contributed by atoms with Gasteiger partial charge in [-0.1, -0.05) is 13.0 Å². The zero-order chi connectivity index (χ0) is 20.1. The Bertz CT molecular complexity index is 1040. The SMILES string of the molecule is CC[C@H](Oc1ccc(=O)n(-c2ccc(F)cc2)n1)C(=O)Nc1cccc(F)c1. The van der Waals surface area contributed by atoms with Gasteiger partial charge in [0.1, 0.15) is 11.6 Å². The van der Waals surface area contributed by atoms with E-state index in [0.29, 0.717) is 17.8 Å². The maximum Gasteiger partial charge on any atom is 0.271 e. The second-order valence-corrected chi connectivity index (χ2v) is 5.91. The number of aromatic nitrogens is 2. The molecule has 0 aliphatic carbocycles. The van der Waals surface area contributed by atoms with Gasteiger partial charge in [0.2, 0.25) is 5.88 Å². The van der Waals surface area contributed by atoms with Crippen molar-refractivity contribution in [2.24, 2.45) is 0 Å². The molecular weight excluding hydrogens is 368 g/mol. The summed E-state index contributed by atoms with van der Waals surface area (Å²) in [6.07, 6.45) is -0.590. The molecule has 0 saturated heterocycles. The number of ether oxygens (including phenoxy) is 1. The molecule has 0 radical (unpaired) electrons. The molecule has 6 nitrogen and oxygen atoms in total. The van der Waals surface area contributed by atoms with E-state index in [-0.39, 0.29) is 5.88 Å². The summed E-state index contributed by atoms with van der Waals surface area (Å²) in [5.74, 6) is -1.34. The highest BCUT2D eigenvalue weighted by molar-refractivity contribution is 5.94. The number of carbonyl (C=O) groups is 1. The first kappa shape index (κ1) is 19.2. The number of hydrogen-bond acceptors (Lipinski definition) is 4. The molecule has 0 unspecified atom stereocenters. The third kappa shape index (κ3) is 4.59. The van der Waals surface area contributed by atoms with Crippen molar-refractivity contribution in [1.29, 1.82) is 0 Å². The predicted molar refractivity (Wildman–Crippen MR) is 99.5 cm³/mol. The number of nitrogens with one attached hydrogen (secondary N) is 1. The molecule has 0 aliphatic rings. The highest BCUT2D eigenvalue weighted by Crippen LogP contribution is 2.14. The Kier molecular flexibility index (Phi) is 5.78. The first-order valence-electron chi connectivity index (χ1n) is 8.55. The summed E-state index contributed by atoms with van der Waals surface area (Å²) in [5.41, 5.74) is 0.224. The summed E-state index contributed by atoms with van der Waals surface area (Å²) in [6, 6.07) is 13.3. The smallest absolute Gasteiger partial charge is 0.271 e. The minimum Gasteiger partial charge on any atom is -0.463 e. The van der Waals surface area contributed by atoms with E-state index < -0.39 is 29.2 Å². The van der Waals surface area contributed by atoms with E-state index in [1.807, 2.05) is 0 Å². The van der Waals surface area contributed by atoms with E-state index >= 15 is 0 Å². The molecule has 0 aliphatic heterocycles. The number of anilines is 1. The third-order valence-corrected chi connectivity index (χ3v) is 3.87. The van der Waals surface area contributed by atoms with Crippen LogP contribution < -0.4 is 15.6 Å². The minimum atomic E-state index is -0.907. The highest BCUT2D eigenvalue weighted by Gasteiger charge is 2.20. The van der Waals surface area contributed by atoms with Gasteiger partial charge in [0.05, 0.1) is 5.69 Å². The maximum absolute atomic E-state index is 13.3. The fourth-order valence-corrected chi connectivity index (χ4v) is 2.48. The van der Waals surface area contributed by atoms with Crippen molar-refractivity contribution in [3.8, 4) is 11.6 Å². The van der Waals surface area contributed by atoms with E-state index in [0.717, 1.165) is 4.68 Å². The van der Waals surface area contributed by atoms with Gasteiger partial charge in [-0.05, 0) is 48.9 Å². The summed E-state index contributed by atoms with van der Waals surface area (Å²) in [6.45, 7) is 1.74. The molecule has 1 amide bonds. The summed E-state index contributed by atoms with van der Waals surface area (Å²) in [7, 11) is 0. The number of carbonyl (C=O) groups excluding carboxylic acids is 1. The lowest BCUT2D eigenvalue weighted by Crippen LogP contribution is -2.33. The monoisotopic (exact) mass is 385 g/mol. The van der Waals surface area contributed by atoms with Crippen molar-refractivity contribution in [3.05, 3.63) is 82.7 Å². The zero-order valence-electron chi connectivity index (χ0n) is 14.9. The first-order chi connectivity index (χ1) is 13.5. The molecule has 0 saturated carbocycles.